The van der Waals surface area contributed by atoms with Gasteiger partial charge in [0.2, 0.25) is 0 Å². The van der Waals surface area contributed by atoms with Crippen molar-refractivity contribution in [3.05, 3.63) is 60.8 Å². The van der Waals surface area contributed by atoms with Crippen LogP contribution >= 0.6 is 0 Å². The smallest absolute Gasteiger partial charge is 0.397 e. The Hall–Kier alpha value is -2.20. The van der Waals surface area contributed by atoms with Gasteiger partial charge in [-0.15, -0.1) is 0 Å². The van der Waals surface area contributed by atoms with E-state index in [9.17, 15) is 33.1 Å². The van der Waals surface area contributed by atoms with Crippen LogP contribution < -0.4 is 0 Å². The summed E-state index contributed by atoms with van der Waals surface area (Å²) in [5.74, 6) is -0.422. The number of carbonyl (C=O) groups excluding carboxylic acids is 1. The molecule has 13 heteroatoms. The van der Waals surface area contributed by atoms with Crippen LogP contribution in [0.4, 0.5) is 0 Å². The van der Waals surface area contributed by atoms with E-state index in [0.717, 1.165) is 51.4 Å². The lowest BCUT2D eigenvalue weighted by Crippen LogP contribution is -2.60. The van der Waals surface area contributed by atoms with Crippen LogP contribution in [-0.2, 0) is 38.3 Å². The summed E-state index contributed by atoms with van der Waals surface area (Å²) in [6.45, 7) is 3.67. The Balaban J connectivity index is 2.42. The van der Waals surface area contributed by atoms with Crippen LogP contribution in [0.1, 0.15) is 187 Å². The molecule has 6 unspecified atom stereocenters. The second-order valence-electron chi connectivity index (χ2n) is 16.7. The van der Waals surface area contributed by atoms with E-state index in [1.165, 1.54) is 103 Å². The average Bonchev–Trinajstić information content (AvgIpc) is 3.26. The molecule has 0 aromatic heterocycles. The minimum atomic E-state index is -5.07. The number of carbonyl (C=O) groups is 1. The van der Waals surface area contributed by atoms with Crippen molar-refractivity contribution in [3.8, 4) is 0 Å². The Kier molecular flexibility index (Phi) is 38.5. The molecule has 1 rings (SSSR count). The number of ether oxygens (including phenoxy) is 4. The van der Waals surface area contributed by atoms with E-state index in [1.54, 1.807) is 0 Å². The Labute approximate surface area is 382 Å². The quantitative estimate of drug-likeness (QED) is 0.0197. The molecule has 1 heterocycles. The first-order valence-electron chi connectivity index (χ1n) is 24.5. The summed E-state index contributed by atoms with van der Waals surface area (Å²) in [6.07, 6.45) is 42.8. The number of allylic oxidation sites excluding steroid dienone is 9. The van der Waals surface area contributed by atoms with E-state index in [0.29, 0.717) is 19.4 Å². The van der Waals surface area contributed by atoms with Gasteiger partial charge in [-0.3, -0.25) is 9.35 Å². The van der Waals surface area contributed by atoms with E-state index in [2.05, 4.69) is 72.7 Å². The molecule has 0 radical (unpaired) electrons. The molecule has 0 aromatic carbocycles. The summed E-state index contributed by atoms with van der Waals surface area (Å²) >= 11 is 0. The third-order valence-corrected chi connectivity index (χ3v) is 11.4. The predicted molar refractivity (Wildman–Crippen MR) is 253 cm³/mol. The van der Waals surface area contributed by atoms with Gasteiger partial charge in [0.1, 0.15) is 30.5 Å². The van der Waals surface area contributed by atoms with Gasteiger partial charge < -0.3 is 34.3 Å². The highest BCUT2D eigenvalue weighted by Crippen LogP contribution is 2.26. The third-order valence-electron chi connectivity index (χ3n) is 10.9. The summed E-state index contributed by atoms with van der Waals surface area (Å²) in [7, 11) is -5.07. The van der Waals surface area contributed by atoms with E-state index in [4.69, 9.17) is 18.9 Å². The van der Waals surface area contributed by atoms with Crippen LogP contribution in [0.15, 0.2) is 60.8 Å². The molecule has 0 bridgehead atoms. The standard InChI is InChI=1S/C50H88O12S/c1-3-5-7-9-11-13-15-17-19-21-22-23-24-25-27-29-31-33-35-37-39-46(52)60-44(43-59-50-48(54)49(62-63(55,56)57)47(53)45(41-51)61-50)42-58-40-38-36-34-32-30-28-26-20-18-16-14-12-10-8-6-4-2/h6,8,12,14,18,20,28,30,34,36,44-45,47-51,53-54H,3-5,7,9-11,13,15-17,19,21-27,29,31-33,35,37-43H2,1-2H3,(H,55,56,57)/b8-6-,14-12-,20-18-,30-28-,36-34-. The zero-order valence-corrected chi connectivity index (χ0v) is 39.9. The van der Waals surface area contributed by atoms with Gasteiger partial charge in [0, 0.05) is 6.42 Å². The van der Waals surface area contributed by atoms with Crippen LogP contribution in [0, 0.1) is 0 Å². The number of rotatable bonds is 42. The Morgan fingerprint density at radius 1 is 0.619 bits per heavy atom. The number of aliphatic hydroxyl groups excluding tert-OH is 3. The summed E-state index contributed by atoms with van der Waals surface area (Å²) in [4.78, 5) is 12.9. The highest BCUT2D eigenvalue weighted by Gasteiger charge is 2.48. The zero-order valence-electron chi connectivity index (χ0n) is 39.1. The van der Waals surface area contributed by atoms with Crippen molar-refractivity contribution in [1.29, 1.82) is 0 Å². The van der Waals surface area contributed by atoms with Gasteiger partial charge in [-0.05, 0) is 44.9 Å². The second kappa shape index (κ2) is 41.2. The third kappa shape index (κ3) is 34.8. The maximum atomic E-state index is 12.9. The van der Waals surface area contributed by atoms with Crippen LogP contribution in [0.2, 0.25) is 0 Å². The van der Waals surface area contributed by atoms with E-state index < -0.39 is 59.8 Å². The molecular weight excluding hydrogens is 825 g/mol. The number of hydrogen-bond acceptors (Lipinski definition) is 11. The minimum absolute atomic E-state index is 0.0183. The summed E-state index contributed by atoms with van der Waals surface area (Å²) in [5.41, 5.74) is 0. The molecule has 0 aliphatic carbocycles. The van der Waals surface area contributed by atoms with Gasteiger partial charge in [0.15, 0.2) is 6.29 Å². The van der Waals surface area contributed by atoms with Gasteiger partial charge in [0.05, 0.1) is 26.4 Å². The van der Waals surface area contributed by atoms with Gasteiger partial charge >= 0.3 is 16.4 Å². The molecule has 0 saturated carbocycles. The van der Waals surface area contributed by atoms with Gasteiger partial charge in [-0.2, -0.15) is 8.42 Å². The summed E-state index contributed by atoms with van der Waals surface area (Å²) in [6, 6.07) is 0. The molecule has 1 fully saturated rings. The van der Waals surface area contributed by atoms with Crippen molar-refractivity contribution in [2.24, 2.45) is 0 Å². The molecule has 1 aliphatic rings. The lowest BCUT2D eigenvalue weighted by atomic mass is 9.99. The number of esters is 1. The Morgan fingerprint density at radius 2 is 1.06 bits per heavy atom. The second-order valence-corrected chi connectivity index (χ2v) is 17.7. The molecule has 366 valence electrons. The van der Waals surface area contributed by atoms with Crippen LogP contribution in [0.3, 0.4) is 0 Å². The average molecular weight is 913 g/mol. The van der Waals surface area contributed by atoms with E-state index in [-0.39, 0.29) is 19.6 Å². The fourth-order valence-electron chi connectivity index (χ4n) is 7.27. The van der Waals surface area contributed by atoms with Crippen molar-refractivity contribution in [2.75, 3.05) is 26.4 Å². The molecule has 0 amide bonds. The molecular formula is C50H88O12S. The first-order chi connectivity index (χ1) is 30.6. The predicted octanol–water partition coefficient (Wildman–Crippen LogP) is 10.9. The van der Waals surface area contributed by atoms with E-state index in [1.807, 2.05) is 6.08 Å². The highest BCUT2D eigenvalue weighted by molar-refractivity contribution is 7.80. The molecule has 12 nitrogen and oxygen atoms in total. The SMILES string of the molecule is CC/C=C\C/C=C\C/C=C\C/C=C\C/C=C\CCOCC(COC1OC(CO)C(O)C(OS(=O)(=O)O)C1O)OC(=O)CCCCCCCCCCCCCCCCCCCCCC. The summed E-state index contributed by atoms with van der Waals surface area (Å²) in [5, 5.41) is 30.7. The van der Waals surface area contributed by atoms with Gasteiger partial charge in [-0.25, -0.2) is 4.18 Å². The molecule has 4 N–H and O–H groups in total. The minimum Gasteiger partial charge on any atom is -0.457 e. The maximum Gasteiger partial charge on any atom is 0.397 e. The van der Waals surface area contributed by atoms with Crippen LogP contribution in [0.5, 0.6) is 0 Å². The normalized spacial score (nSPS) is 20.4. The van der Waals surface area contributed by atoms with Crippen molar-refractivity contribution in [1.82, 2.24) is 0 Å². The van der Waals surface area contributed by atoms with Gasteiger partial charge in [-0.1, -0.05) is 197 Å². The fraction of sp³-hybridized carbons (Fsp3) is 0.780. The maximum absolute atomic E-state index is 12.9. The molecule has 6 atom stereocenters. The Morgan fingerprint density at radius 3 is 1.51 bits per heavy atom. The number of unbranched alkanes of at least 4 members (excludes halogenated alkanes) is 19. The molecule has 1 saturated heterocycles. The van der Waals surface area contributed by atoms with Crippen molar-refractivity contribution < 1.29 is 56.2 Å². The summed E-state index contributed by atoms with van der Waals surface area (Å²) < 4.78 is 59.0. The largest absolute Gasteiger partial charge is 0.457 e. The van der Waals surface area contributed by atoms with Crippen LogP contribution in [-0.4, -0.2) is 97.5 Å². The van der Waals surface area contributed by atoms with Crippen molar-refractivity contribution in [2.45, 2.75) is 224 Å². The highest BCUT2D eigenvalue weighted by atomic mass is 32.3. The molecule has 0 aromatic rings. The Bertz CT molecular complexity index is 1330. The van der Waals surface area contributed by atoms with Crippen molar-refractivity contribution >= 4 is 16.4 Å². The first-order valence-corrected chi connectivity index (χ1v) is 25.9. The zero-order chi connectivity index (χ0) is 46.1. The lowest BCUT2D eigenvalue weighted by molar-refractivity contribution is -0.301. The number of aliphatic hydroxyl groups is 3. The molecule has 1 aliphatic heterocycles. The fourth-order valence-corrected chi connectivity index (χ4v) is 7.78. The van der Waals surface area contributed by atoms with Crippen molar-refractivity contribution in [3.63, 3.8) is 0 Å². The lowest BCUT2D eigenvalue weighted by Gasteiger charge is -2.41. The van der Waals surface area contributed by atoms with Crippen LogP contribution in [0.25, 0.3) is 0 Å². The molecule has 63 heavy (non-hydrogen) atoms. The van der Waals surface area contributed by atoms with E-state index >= 15 is 0 Å². The number of hydrogen-bond donors (Lipinski definition) is 4. The molecule has 0 spiro atoms. The van der Waals surface area contributed by atoms with Gasteiger partial charge in [0.25, 0.3) is 0 Å². The monoisotopic (exact) mass is 913 g/mol. The first kappa shape index (κ1) is 58.8. The topological polar surface area (TPSA) is 178 Å².